The molecule has 7 heteroatoms. The van der Waals surface area contributed by atoms with Crippen LogP contribution in [0, 0.1) is 5.92 Å². The van der Waals surface area contributed by atoms with E-state index in [1.54, 1.807) is 10.6 Å². The van der Waals surface area contributed by atoms with E-state index in [9.17, 15) is 9.59 Å². The lowest BCUT2D eigenvalue weighted by Gasteiger charge is -2.29. The molecule has 2 amide bonds. The van der Waals surface area contributed by atoms with Gasteiger partial charge in [-0.2, -0.15) is 0 Å². The fourth-order valence-corrected chi connectivity index (χ4v) is 3.19. The van der Waals surface area contributed by atoms with Crippen LogP contribution < -0.4 is 5.32 Å². The molecule has 0 unspecified atom stereocenters. The first-order chi connectivity index (χ1) is 12.5. The molecule has 7 nitrogen and oxygen atoms in total. The number of hydrogen-bond donors (Lipinski definition) is 1. The summed E-state index contributed by atoms with van der Waals surface area (Å²) >= 11 is 0. The van der Waals surface area contributed by atoms with Crippen LogP contribution >= 0.6 is 0 Å². The molecule has 2 aromatic rings. The Kier molecular flexibility index (Phi) is 5.56. The number of imidazole rings is 1. The van der Waals surface area contributed by atoms with Gasteiger partial charge in [-0.25, -0.2) is 4.98 Å². The molecular formula is C19H27N5O2. The molecule has 0 bridgehead atoms. The van der Waals surface area contributed by atoms with Crippen LogP contribution in [-0.2, 0) is 0 Å². The number of carbonyl (C=O) groups is 2. The molecule has 0 radical (unpaired) electrons. The molecule has 1 aliphatic heterocycles. The fraction of sp³-hybridized carbons (Fsp3) is 0.526. The maximum absolute atomic E-state index is 13.0. The minimum atomic E-state index is -0.264. The summed E-state index contributed by atoms with van der Waals surface area (Å²) in [6.07, 6.45) is 3.79. The van der Waals surface area contributed by atoms with Gasteiger partial charge in [0.25, 0.3) is 11.8 Å². The summed E-state index contributed by atoms with van der Waals surface area (Å²) in [7, 11) is 3.90. The van der Waals surface area contributed by atoms with Crippen molar-refractivity contribution < 1.29 is 9.59 Å². The molecule has 0 aromatic carbocycles. The number of pyridine rings is 1. The summed E-state index contributed by atoms with van der Waals surface area (Å²) < 4.78 is 1.70. The Bertz CT molecular complexity index is 790. The van der Waals surface area contributed by atoms with E-state index in [2.05, 4.69) is 17.2 Å². The summed E-state index contributed by atoms with van der Waals surface area (Å²) in [5.74, 6) is 0.552. The third-order valence-corrected chi connectivity index (χ3v) is 4.87. The largest absolute Gasteiger partial charge is 0.348 e. The van der Waals surface area contributed by atoms with Gasteiger partial charge in [0.05, 0.1) is 5.52 Å². The van der Waals surface area contributed by atoms with Crippen molar-refractivity contribution in [1.82, 2.24) is 24.5 Å². The quantitative estimate of drug-likeness (QED) is 0.880. The molecule has 0 spiro atoms. The number of hydrogen-bond acceptors (Lipinski definition) is 4. The van der Waals surface area contributed by atoms with Crippen molar-refractivity contribution in [1.29, 1.82) is 0 Å². The predicted molar refractivity (Wildman–Crippen MR) is 100 cm³/mol. The second-order valence-electron chi connectivity index (χ2n) is 7.27. The van der Waals surface area contributed by atoms with E-state index in [-0.39, 0.29) is 17.6 Å². The number of nitrogens with zero attached hydrogens (tertiary/aromatic N) is 4. The maximum Gasteiger partial charge on any atom is 0.287 e. The highest BCUT2D eigenvalue weighted by Crippen LogP contribution is 2.20. The first-order valence-corrected chi connectivity index (χ1v) is 9.16. The van der Waals surface area contributed by atoms with Gasteiger partial charge in [0.2, 0.25) is 5.82 Å². The SMILES string of the molecule is CC1CCN(C(=O)c2nc(C(=O)NCCN(C)C)n3ccccc23)CC1. The van der Waals surface area contributed by atoms with Crippen LogP contribution in [0.5, 0.6) is 0 Å². The van der Waals surface area contributed by atoms with E-state index < -0.39 is 0 Å². The Balaban J connectivity index is 1.85. The Morgan fingerprint density at radius 2 is 2.00 bits per heavy atom. The van der Waals surface area contributed by atoms with Crippen molar-refractivity contribution in [3.63, 3.8) is 0 Å². The van der Waals surface area contributed by atoms with Crippen molar-refractivity contribution in [2.24, 2.45) is 5.92 Å². The van der Waals surface area contributed by atoms with Gasteiger partial charge < -0.3 is 15.1 Å². The minimum Gasteiger partial charge on any atom is -0.348 e. The van der Waals surface area contributed by atoms with Crippen molar-refractivity contribution in [3.8, 4) is 0 Å². The molecule has 26 heavy (non-hydrogen) atoms. The Morgan fingerprint density at radius 1 is 1.27 bits per heavy atom. The first kappa shape index (κ1) is 18.4. The monoisotopic (exact) mass is 357 g/mol. The first-order valence-electron chi connectivity index (χ1n) is 9.16. The lowest BCUT2D eigenvalue weighted by molar-refractivity contribution is 0.0694. The van der Waals surface area contributed by atoms with Crippen molar-refractivity contribution in [2.75, 3.05) is 40.3 Å². The zero-order valence-corrected chi connectivity index (χ0v) is 15.7. The van der Waals surface area contributed by atoms with Crippen LogP contribution in [0.25, 0.3) is 5.52 Å². The lowest BCUT2D eigenvalue weighted by Crippen LogP contribution is -2.38. The van der Waals surface area contributed by atoms with Crippen LogP contribution in [-0.4, -0.2) is 71.3 Å². The standard InChI is InChI=1S/C19H27N5O2/c1-14-7-11-23(12-8-14)19(26)16-15-6-4-5-10-24(15)17(21-16)18(25)20-9-13-22(2)3/h4-6,10,14H,7-9,11-13H2,1-3H3,(H,20,25). The molecule has 0 atom stereocenters. The number of nitrogens with one attached hydrogen (secondary N) is 1. The minimum absolute atomic E-state index is 0.0899. The van der Waals surface area contributed by atoms with Crippen LogP contribution in [0.15, 0.2) is 24.4 Å². The molecule has 3 rings (SSSR count). The second-order valence-corrected chi connectivity index (χ2v) is 7.27. The molecule has 1 aliphatic rings. The van der Waals surface area contributed by atoms with Gasteiger partial charge in [0, 0.05) is 32.4 Å². The molecule has 3 heterocycles. The number of likely N-dealkylation sites (N-methyl/N-ethyl adjacent to an activating group) is 1. The van der Waals surface area contributed by atoms with E-state index in [1.165, 1.54) is 0 Å². The van der Waals surface area contributed by atoms with Crippen LogP contribution in [0.4, 0.5) is 0 Å². The van der Waals surface area contributed by atoms with Gasteiger partial charge in [0.15, 0.2) is 5.69 Å². The number of piperidine rings is 1. The number of carbonyl (C=O) groups excluding carboxylic acids is 2. The zero-order chi connectivity index (χ0) is 18.7. The van der Waals surface area contributed by atoms with E-state index in [0.29, 0.717) is 23.7 Å². The van der Waals surface area contributed by atoms with Crippen molar-refractivity contribution in [2.45, 2.75) is 19.8 Å². The molecule has 1 N–H and O–H groups in total. The lowest BCUT2D eigenvalue weighted by atomic mass is 9.99. The predicted octanol–water partition coefficient (Wildman–Crippen LogP) is 1.50. The maximum atomic E-state index is 13.0. The highest BCUT2D eigenvalue weighted by molar-refractivity contribution is 6.02. The van der Waals surface area contributed by atoms with E-state index in [4.69, 9.17) is 0 Å². The van der Waals surface area contributed by atoms with Crippen LogP contribution in [0.1, 0.15) is 40.9 Å². The van der Waals surface area contributed by atoms with Crippen molar-refractivity contribution >= 4 is 17.3 Å². The summed E-state index contributed by atoms with van der Waals surface area (Å²) in [6, 6.07) is 5.53. The topological polar surface area (TPSA) is 70.0 Å². The molecular weight excluding hydrogens is 330 g/mol. The van der Waals surface area contributed by atoms with Gasteiger partial charge in [-0.15, -0.1) is 0 Å². The second kappa shape index (κ2) is 7.86. The van der Waals surface area contributed by atoms with Gasteiger partial charge in [-0.05, 0) is 45.0 Å². The molecule has 1 fully saturated rings. The normalized spacial score (nSPS) is 15.6. The zero-order valence-electron chi connectivity index (χ0n) is 15.7. The third-order valence-electron chi connectivity index (χ3n) is 4.87. The van der Waals surface area contributed by atoms with Gasteiger partial charge in [-0.1, -0.05) is 13.0 Å². The number of rotatable bonds is 5. The molecule has 1 saturated heterocycles. The van der Waals surface area contributed by atoms with Gasteiger partial charge in [0.1, 0.15) is 0 Å². The number of likely N-dealkylation sites (tertiary alicyclic amines) is 1. The average molecular weight is 357 g/mol. The number of fused-ring (bicyclic) bond motifs is 1. The fourth-order valence-electron chi connectivity index (χ4n) is 3.19. The highest BCUT2D eigenvalue weighted by Gasteiger charge is 2.27. The summed E-state index contributed by atoms with van der Waals surface area (Å²) in [4.78, 5) is 33.8. The van der Waals surface area contributed by atoms with Gasteiger partial charge in [-0.3, -0.25) is 14.0 Å². The van der Waals surface area contributed by atoms with Crippen LogP contribution in [0.2, 0.25) is 0 Å². The third kappa shape index (κ3) is 3.88. The van der Waals surface area contributed by atoms with E-state index in [0.717, 1.165) is 32.5 Å². The average Bonchev–Trinajstić information content (AvgIpc) is 3.01. The molecule has 0 saturated carbocycles. The van der Waals surface area contributed by atoms with E-state index in [1.807, 2.05) is 42.1 Å². The highest BCUT2D eigenvalue weighted by atomic mass is 16.2. The van der Waals surface area contributed by atoms with E-state index >= 15 is 0 Å². The Morgan fingerprint density at radius 3 is 2.69 bits per heavy atom. The molecule has 0 aliphatic carbocycles. The summed E-state index contributed by atoms with van der Waals surface area (Å²) in [5.41, 5.74) is 1.03. The Labute approximate surface area is 154 Å². The Hall–Kier alpha value is -2.41. The van der Waals surface area contributed by atoms with Crippen molar-refractivity contribution in [3.05, 3.63) is 35.9 Å². The molecule has 140 valence electrons. The van der Waals surface area contributed by atoms with Gasteiger partial charge >= 0.3 is 0 Å². The number of aromatic nitrogens is 2. The molecule has 2 aromatic heterocycles. The number of amides is 2. The summed E-state index contributed by atoms with van der Waals surface area (Å²) in [5, 5.41) is 2.87. The van der Waals surface area contributed by atoms with Crippen LogP contribution in [0.3, 0.4) is 0 Å². The smallest absolute Gasteiger partial charge is 0.287 e. The summed E-state index contributed by atoms with van der Waals surface area (Å²) in [6.45, 7) is 4.98.